The molecule has 1 aromatic rings. The zero-order valence-electron chi connectivity index (χ0n) is 9.61. The predicted octanol–water partition coefficient (Wildman–Crippen LogP) is 1.15. The van der Waals surface area contributed by atoms with Gasteiger partial charge in [0.1, 0.15) is 0 Å². The Morgan fingerprint density at radius 1 is 1.29 bits per heavy atom. The van der Waals surface area contributed by atoms with E-state index in [2.05, 4.69) is 10.2 Å². The topological polar surface area (TPSA) is 49.4 Å². The summed E-state index contributed by atoms with van der Waals surface area (Å²) in [5.74, 6) is 0. The van der Waals surface area contributed by atoms with E-state index in [1.54, 1.807) is 12.1 Å². The van der Waals surface area contributed by atoms with Gasteiger partial charge in [-0.3, -0.25) is 0 Å². The lowest BCUT2D eigenvalue weighted by atomic mass is 10.2. The van der Waals surface area contributed by atoms with Crippen molar-refractivity contribution in [2.75, 3.05) is 37.3 Å². The van der Waals surface area contributed by atoms with Crippen molar-refractivity contribution in [1.82, 2.24) is 5.32 Å². The highest BCUT2D eigenvalue weighted by molar-refractivity contribution is 7.90. The van der Waals surface area contributed by atoms with Crippen LogP contribution in [0.15, 0.2) is 23.1 Å². The van der Waals surface area contributed by atoms with Crippen LogP contribution >= 0.6 is 11.6 Å². The zero-order valence-corrected chi connectivity index (χ0v) is 11.2. The zero-order chi connectivity index (χ0) is 12.5. The molecule has 1 aliphatic heterocycles. The molecule has 1 heterocycles. The van der Waals surface area contributed by atoms with E-state index in [1.165, 1.54) is 6.26 Å². The van der Waals surface area contributed by atoms with Crippen LogP contribution in [-0.4, -0.2) is 40.9 Å². The number of piperazine rings is 1. The van der Waals surface area contributed by atoms with E-state index < -0.39 is 9.84 Å². The molecule has 0 saturated carbocycles. The van der Waals surface area contributed by atoms with Crippen LogP contribution in [-0.2, 0) is 9.84 Å². The second-order valence-electron chi connectivity index (χ2n) is 4.12. The van der Waals surface area contributed by atoms with Crippen LogP contribution < -0.4 is 10.2 Å². The Labute approximate surface area is 106 Å². The van der Waals surface area contributed by atoms with Crippen LogP contribution in [0.5, 0.6) is 0 Å². The van der Waals surface area contributed by atoms with Crippen LogP contribution in [0.2, 0.25) is 5.02 Å². The highest BCUT2D eigenvalue weighted by Crippen LogP contribution is 2.27. The molecule has 1 aromatic carbocycles. The molecule has 0 atom stereocenters. The molecule has 1 saturated heterocycles. The molecule has 6 heteroatoms. The summed E-state index contributed by atoms with van der Waals surface area (Å²) in [6, 6.07) is 5.12. The summed E-state index contributed by atoms with van der Waals surface area (Å²) >= 11 is 6.01. The number of benzene rings is 1. The third-order valence-corrected chi connectivity index (χ3v) is 4.38. The van der Waals surface area contributed by atoms with Gasteiger partial charge >= 0.3 is 0 Å². The normalized spacial score (nSPS) is 17.2. The molecule has 17 heavy (non-hydrogen) atoms. The maximum absolute atomic E-state index is 11.4. The number of sulfone groups is 1. The average Bonchev–Trinajstić information content (AvgIpc) is 2.28. The molecule has 0 spiro atoms. The minimum atomic E-state index is -3.24. The van der Waals surface area contributed by atoms with Crippen molar-refractivity contribution in [2.24, 2.45) is 0 Å². The third-order valence-electron chi connectivity index (χ3n) is 2.80. The molecular formula is C11H15ClN2O2S. The lowest BCUT2D eigenvalue weighted by Crippen LogP contribution is -2.43. The lowest BCUT2D eigenvalue weighted by Gasteiger charge is -2.29. The molecule has 0 bridgehead atoms. The van der Waals surface area contributed by atoms with Crippen LogP contribution in [0.1, 0.15) is 0 Å². The summed E-state index contributed by atoms with van der Waals surface area (Å²) in [5, 5.41) is 3.56. The Bertz CT molecular complexity index is 510. The van der Waals surface area contributed by atoms with Crippen LogP contribution in [0, 0.1) is 0 Å². The number of nitrogens with zero attached hydrogens (tertiary/aromatic N) is 1. The number of hydrogen-bond acceptors (Lipinski definition) is 4. The average molecular weight is 275 g/mol. The summed E-state index contributed by atoms with van der Waals surface area (Å²) in [7, 11) is -3.24. The summed E-state index contributed by atoms with van der Waals surface area (Å²) in [6.45, 7) is 3.69. The van der Waals surface area contributed by atoms with E-state index >= 15 is 0 Å². The summed E-state index contributed by atoms with van der Waals surface area (Å²) < 4.78 is 22.9. The van der Waals surface area contributed by atoms with Crippen LogP contribution in [0.4, 0.5) is 5.69 Å². The predicted molar refractivity (Wildman–Crippen MR) is 69.6 cm³/mol. The summed E-state index contributed by atoms with van der Waals surface area (Å²) in [6.07, 6.45) is 1.17. The maximum Gasteiger partial charge on any atom is 0.176 e. The van der Waals surface area contributed by atoms with Gasteiger partial charge in [0.15, 0.2) is 9.84 Å². The molecule has 2 rings (SSSR count). The first-order valence-corrected chi connectivity index (χ1v) is 7.71. The van der Waals surface area contributed by atoms with Gasteiger partial charge in [0.25, 0.3) is 0 Å². The highest BCUT2D eigenvalue weighted by atomic mass is 35.5. The minimum absolute atomic E-state index is 0.193. The Morgan fingerprint density at radius 2 is 1.94 bits per heavy atom. The molecule has 0 amide bonds. The highest BCUT2D eigenvalue weighted by Gasteiger charge is 2.15. The van der Waals surface area contributed by atoms with E-state index in [-0.39, 0.29) is 4.90 Å². The van der Waals surface area contributed by atoms with Gasteiger partial charge in [0.2, 0.25) is 0 Å². The standard InChI is InChI=1S/C11H15ClN2O2S/c1-17(15,16)11-3-2-9(8-10(11)12)14-6-4-13-5-7-14/h2-3,8,13H,4-7H2,1H3. The molecule has 0 unspecified atom stereocenters. The smallest absolute Gasteiger partial charge is 0.176 e. The van der Waals surface area contributed by atoms with Crippen molar-refractivity contribution in [3.05, 3.63) is 23.2 Å². The number of rotatable bonds is 2. The van der Waals surface area contributed by atoms with E-state index in [0.717, 1.165) is 31.9 Å². The fraction of sp³-hybridized carbons (Fsp3) is 0.455. The van der Waals surface area contributed by atoms with Crippen molar-refractivity contribution >= 4 is 27.1 Å². The fourth-order valence-corrected chi connectivity index (χ4v) is 3.23. The van der Waals surface area contributed by atoms with Crippen LogP contribution in [0.25, 0.3) is 0 Å². The lowest BCUT2D eigenvalue weighted by molar-refractivity contribution is 0.589. The molecule has 4 nitrogen and oxygen atoms in total. The largest absolute Gasteiger partial charge is 0.369 e. The molecule has 0 radical (unpaired) electrons. The molecule has 1 fully saturated rings. The van der Waals surface area contributed by atoms with Gasteiger partial charge in [-0.25, -0.2) is 8.42 Å². The quantitative estimate of drug-likeness (QED) is 0.879. The van der Waals surface area contributed by atoms with Gasteiger partial charge in [-0.15, -0.1) is 0 Å². The molecule has 0 aromatic heterocycles. The fourth-order valence-electron chi connectivity index (χ4n) is 1.91. The van der Waals surface area contributed by atoms with Crippen molar-refractivity contribution in [2.45, 2.75) is 4.90 Å². The Morgan fingerprint density at radius 3 is 2.47 bits per heavy atom. The molecule has 1 N–H and O–H groups in total. The Kier molecular flexibility index (Phi) is 3.61. The van der Waals surface area contributed by atoms with Gasteiger partial charge < -0.3 is 10.2 Å². The van der Waals surface area contributed by atoms with E-state index in [0.29, 0.717) is 5.02 Å². The van der Waals surface area contributed by atoms with Gasteiger partial charge in [-0.1, -0.05) is 11.6 Å². The number of nitrogens with one attached hydrogen (secondary N) is 1. The maximum atomic E-state index is 11.4. The second-order valence-corrected chi connectivity index (χ2v) is 6.52. The number of anilines is 1. The van der Waals surface area contributed by atoms with Crippen molar-refractivity contribution in [3.63, 3.8) is 0 Å². The molecular weight excluding hydrogens is 260 g/mol. The first kappa shape index (κ1) is 12.7. The minimum Gasteiger partial charge on any atom is -0.369 e. The first-order valence-electron chi connectivity index (χ1n) is 5.44. The monoisotopic (exact) mass is 274 g/mol. The van der Waals surface area contributed by atoms with Gasteiger partial charge in [0.05, 0.1) is 9.92 Å². The van der Waals surface area contributed by atoms with Crippen molar-refractivity contribution in [3.8, 4) is 0 Å². The van der Waals surface area contributed by atoms with Crippen LogP contribution in [0.3, 0.4) is 0 Å². The van der Waals surface area contributed by atoms with E-state index in [9.17, 15) is 8.42 Å². The second kappa shape index (κ2) is 4.84. The molecule has 94 valence electrons. The van der Waals surface area contributed by atoms with Crippen molar-refractivity contribution < 1.29 is 8.42 Å². The summed E-state index contributed by atoms with van der Waals surface area (Å²) in [5.41, 5.74) is 0.976. The molecule has 0 aliphatic carbocycles. The van der Waals surface area contributed by atoms with E-state index in [1.807, 2.05) is 6.07 Å². The Balaban J connectivity index is 2.30. The van der Waals surface area contributed by atoms with Gasteiger partial charge in [-0.05, 0) is 18.2 Å². The molecule has 1 aliphatic rings. The number of hydrogen-bond donors (Lipinski definition) is 1. The van der Waals surface area contributed by atoms with E-state index in [4.69, 9.17) is 11.6 Å². The van der Waals surface area contributed by atoms with Crippen molar-refractivity contribution in [1.29, 1.82) is 0 Å². The Hall–Kier alpha value is -0.780. The summed E-state index contributed by atoms with van der Waals surface area (Å²) in [4.78, 5) is 2.38. The SMILES string of the molecule is CS(=O)(=O)c1ccc(N2CCNCC2)cc1Cl. The number of halogens is 1. The third kappa shape index (κ3) is 2.91. The van der Waals surface area contributed by atoms with Gasteiger partial charge in [0, 0.05) is 38.1 Å². The first-order chi connectivity index (χ1) is 7.98. The van der Waals surface area contributed by atoms with Gasteiger partial charge in [-0.2, -0.15) is 0 Å².